The quantitative estimate of drug-likeness (QED) is 0.286. The van der Waals surface area contributed by atoms with Crippen LogP contribution in [0.4, 0.5) is 0 Å². The molecule has 0 saturated heterocycles. The predicted molar refractivity (Wildman–Crippen MR) is 72.8 cm³/mol. The summed E-state index contributed by atoms with van der Waals surface area (Å²) in [5.41, 5.74) is 0.527. The first-order valence-electron chi connectivity index (χ1n) is 6.16. The number of carbonyl (C=O) groups excluding carboxylic acids is 1. The maximum absolute atomic E-state index is 11.6. The summed E-state index contributed by atoms with van der Waals surface area (Å²) >= 11 is 0. The standard InChI is InChI=1S/C11H16N6O4/c1-3-9(17(20)21)7(2)4-8(16-19)5-12-11(18)10-13-6-14-15-10/h4,6,9,19H,3,5H2,1-2H3,(H,12,18)(H,13,14,15). The van der Waals surface area contributed by atoms with Crippen molar-refractivity contribution in [3.63, 3.8) is 0 Å². The van der Waals surface area contributed by atoms with E-state index in [0.717, 1.165) is 0 Å². The van der Waals surface area contributed by atoms with Gasteiger partial charge < -0.3 is 10.5 Å². The fourth-order valence-corrected chi connectivity index (χ4v) is 1.68. The monoisotopic (exact) mass is 296 g/mol. The molecule has 21 heavy (non-hydrogen) atoms. The number of nitro groups is 1. The van der Waals surface area contributed by atoms with Crippen molar-refractivity contribution in [2.45, 2.75) is 26.3 Å². The smallest absolute Gasteiger partial charge is 0.291 e. The topological polar surface area (TPSA) is 146 Å². The number of nitrogens with zero attached hydrogens (tertiary/aromatic N) is 4. The van der Waals surface area contributed by atoms with Gasteiger partial charge in [-0.15, -0.1) is 5.10 Å². The van der Waals surface area contributed by atoms with Crippen molar-refractivity contribution < 1.29 is 14.9 Å². The Bertz CT molecular complexity index is 551. The largest absolute Gasteiger partial charge is 0.411 e. The molecule has 1 rings (SSSR count). The van der Waals surface area contributed by atoms with E-state index in [-0.39, 0.29) is 18.1 Å². The van der Waals surface area contributed by atoms with E-state index in [1.807, 2.05) is 0 Å². The van der Waals surface area contributed by atoms with E-state index in [9.17, 15) is 14.9 Å². The second-order valence-corrected chi connectivity index (χ2v) is 4.19. The molecule has 1 amide bonds. The lowest BCUT2D eigenvalue weighted by molar-refractivity contribution is -0.512. The number of aromatic amines is 1. The lowest BCUT2D eigenvalue weighted by Crippen LogP contribution is -2.30. The first-order valence-corrected chi connectivity index (χ1v) is 6.16. The van der Waals surface area contributed by atoms with Gasteiger partial charge in [0, 0.05) is 16.9 Å². The minimum absolute atomic E-state index is 0.0512. The molecule has 0 spiro atoms. The average molecular weight is 296 g/mol. The molecule has 0 radical (unpaired) electrons. The van der Waals surface area contributed by atoms with Gasteiger partial charge in [0.1, 0.15) is 6.33 Å². The van der Waals surface area contributed by atoms with Crippen molar-refractivity contribution in [3.05, 3.63) is 33.9 Å². The molecule has 1 aromatic rings. The van der Waals surface area contributed by atoms with Crippen molar-refractivity contribution in [2.75, 3.05) is 6.54 Å². The van der Waals surface area contributed by atoms with Gasteiger partial charge in [0.05, 0.1) is 12.3 Å². The first-order chi connectivity index (χ1) is 9.99. The van der Waals surface area contributed by atoms with Crippen LogP contribution in [0.25, 0.3) is 0 Å². The number of amides is 1. The van der Waals surface area contributed by atoms with E-state index in [1.165, 1.54) is 12.4 Å². The van der Waals surface area contributed by atoms with Gasteiger partial charge in [0.2, 0.25) is 11.9 Å². The summed E-state index contributed by atoms with van der Waals surface area (Å²) < 4.78 is 0. The molecule has 1 aromatic heterocycles. The number of H-pyrrole nitrogens is 1. The molecule has 0 fully saturated rings. The molecule has 0 saturated carbocycles. The molecule has 10 nitrogen and oxygen atoms in total. The Morgan fingerprint density at radius 2 is 2.43 bits per heavy atom. The van der Waals surface area contributed by atoms with Crippen LogP contribution < -0.4 is 5.32 Å². The highest BCUT2D eigenvalue weighted by Crippen LogP contribution is 2.09. The van der Waals surface area contributed by atoms with Crippen LogP contribution in [0.2, 0.25) is 0 Å². The molecule has 1 heterocycles. The van der Waals surface area contributed by atoms with E-state index >= 15 is 0 Å². The number of aromatic nitrogens is 3. The van der Waals surface area contributed by atoms with Crippen LogP contribution in [0.15, 0.2) is 23.1 Å². The van der Waals surface area contributed by atoms with E-state index in [2.05, 4.69) is 25.7 Å². The van der Waals surface area contributed by atoms with Gasteiger partial charge in [-0.3, -0.25) is 20.0 Å². The van der Waals surface area contributed by atoms with Crippen LogP contribution in [0, 0.1) is 10.1 Å². The number of carbonyl (C=O) groups is 1. The van der Waals surface area contributed by atoms with Crippen LogP contribution in [-0.2, 0) is 0 Å². The molecule has 3 N–H and O–H groups in total. The van der Waals surface area contributed by atoms with Gasteiger partial charge >= 0.3 is 0 Å². The van der Waals surface area contributed by atoms with Crippen molar-refractivity contribution in [1.29, 1.82) is 0 Å². The molecule has 0 aliphatic carbocycles. The van der Waals surface area contributed by atoms with Crippen molar-refractivity contribution >= 4 is 11.6 Å². The maximum Gasteiger partial charge on any atom is 0.291 e. The summed E-state index contributed by atoms with van der Waals surface area (Å²) in [6.07, 6.45) is 2.94. The zero-order chi connectivity index (χ0) is 15.8. The van der Waals surface area contributed by atoms with Gasteiger partial charge in [-0.25, -0.2) is 4.98 Å². The van der Waals surface area contributed by atoms with Gasteiger partial charge in [-0.2, -0.15) is 0 Å². The van der Waals surface area contributed by atoms with E-state index in [4.69, 9.17) is 5.21 Å². The molecule has 0 aliphatic rings. The maximum atomic E-state index is 11.6. The summed E-state index contributed by atoms with van der Waals surface area (Å²) in [5, 5.41) is 31.2. The third kappa shape index (κ3) is 4.67. The van der Waals surface area contributed by atoms with Gasteiger partial charge in [0.25, 0.3) is 5.91 Å². The summed E-state index contributed by atoms with van der Waals surface area (Å²) in [6, 6.07) is -0.856. The van der Waals surface area contributed by atoms with Crippen LogP contribution in [0.1, 0.15) is 30.9 Å². The van der Waals surface area contributed by atoms with Crippen molar-refractivity contribution in [2.24, 2.45) is 5.16 Å². The minimum atomic E-state index is -0.856. The second-order valence-electron chi connectivity index (χ2n) is 4.19. The Hall–Kier alpha value is -2.78. The first kappa shape index (κ1) is 16.3. The zero-order valence-corrected chi connectivity index (χ0v) is 11.6. The van der Waals surface area contributed by atoms with Crippen LogP contribution in [0.3, 0.4) is 0 Å². The summed E-state index contributed by atoms with van der Waals surface area (Å²) in [7, 11) is 0. The number of rotatable bonds is 7. The predicted octanol–water partition coefficient (Wildman–Crippen LogP) is 0.366. The highest BCUT2D eigenvalue weighted by molar-refractivity contribution is 6.00. The molecular formula is C11H16N6O4. The Morgan fingerprint density at radius 3 is 2.90 bits per heavy atom. The number of hydrogen-bond donors (Lipinski definition) is 3. The lowest BCUT2D eigenvalue weighted by atomic mass is 10.1. The summed E-state index contributed by atoms with van der Waals surface area (Å²) in [6.45, 7) is 3.15. The van der Waals surface area contributed by atoms with Crippen LogP contribution in [0.5, 0.6) is 0 Å². The van der Waals surface area contributed by atoms with Crippen molar-refractivity contribution in [3.8, 4) is 0 Å². The average Bonchev–Trinajstić information content (AvgIpc) is 2.97. The lowest BCUT2D eigenvalue weighted by Gasteiger charge is -2.08. The van der Waals surface area contributed by atoms with E-state index in [0.29, 0.717) is 12.0 Å². The second kappa shape index (κ2) is 7.72. The van der Waals surface area contributed by atoms with Gasteiger partial charge in [-0.05, 0) is 13.0 Å². The van der Waals surface area contributed by atoms with Gasteiger partial charge in [0.15, 0.2) is 0 Å². The molecule has 1 unspecified atom stereocenters. The third-order valence-electron chi connectivity index (χ3n) is 2.74. The van der Waals surface area contributed by atoms with E-state index < -0.39 is 16.9 Å². The molecule has 0 aliphatic heterocycles. The highest BCUT2D eigenvalue weighted by atomic mass is 16.6. The SMILES string of the molecule is CCC(C(C)=CC(CNC(=O)c1nc[nH]n1)=NO)[N+](=O)[O-]. The van der Waals surface area contributed by atoms with E-state index in [1.54, 1.807) is 13.8 Å². The number of hydrogen-bond acceptors (Lipinski definition) is 7. The number of oxime groups is 1. The molecule has 10 heteroatoms. The van der Waals surface area contributed by atoms with Gasteiger partial charge in [-0.1, -0.05) is 12.1 Å². The van der Waals surface area contributed by atoms with Crippen molar-refractivity contribution in [1.82, 2.24) is 20.5 Å². The van der Waals surface area contributed by atoms with Crippen LogP contribution >= 0.6 is 0 Å². The molecule has 0 bridgehead atoms. The van der Waals surface area contributed by atoms with Crippen LogP contribution in [-0.4, -0.2) is 49.5 Å². The molecule has 114 valence electrons. The fraction of sp³-hybridized carbons (Fsp3) is 0.455. The molecular weight excluding hydrogens is 280 g/mol. The Morgan fingerprint density at radius 1 is 1.71 bits per heavy atom. The number of nitrogens with one attached hydrogen (secondary N) is 2. The zero-order valence-electron chi connectivity index (χ0n) is 11.6. The third-order valence-corrected chi connectivity index (χ3v) is 2.74. The fourth-order valence-electron chi connectivity index (χ4n) is 1.68. The highest BCUT2D eigenvalue weighted by Gasteiger charge is 2.20. The molecule has 1 atom stereocenters. The molecule has 0 aromatic carbocycles. The normalized spacial score (nSPS) is 13.8. The Balaban J connectivity index is 2.67. The minimum Gasteiger partial charge on any atom is -0.411 e. The summed E-state index contributed by atoms with van der Waals surface area (Å²) in [4.78, 5) is 25.7. The Labute approximate surface area is 120 Å². The summed E-state index contributed by atoms with van der Waals surface area (Å²) in [5.74, 6) is -0.602. The Kier molecular flexibility index (Phi) is 5.99.